The number of aromatic nitrogens is 3. The second-order valence-corrected chi connectivity index (χ2v) is 5.43. The predicted molar refractivity (Wildman–Crippen MR) is 57.0 cm³/mol. The van der Waals surface area contributed by atoms with Crippen molar-refractivity contribution in [3.8, 4) is 0 Å². The number of nitrogens with one attached hydrogen (secondary N) is 1. The van der Waals surface area contributed by atoms with E-state index in [-0.39, 0.29) is 16.2 Å². The Balaban J connectivity index is 2.87. The molecular formula is C6H11BrN4O4S. The van der Waals surface area contributed by atoms with Crippen LogP contribution in [-0.4, -0.2) is 52.9 Å². The number of sulfonamides is 1. The minimum Gasteiger partial charge on any atom is -0.394 e. The van der Waals surface area contributed by atoms with Gasteiger partial charge in [-0.05, 0) is 15.9 Å². The lowest BCUT2D eigenvalue weighted by Gasteiger charge is -2.09. The van der Waals surface area contributed by atoms with Crippen LogP contribution in [0.2, 0.25) is 0 Å². The second kappa shape index (κ2) is 5.19. The maximum atomic E-state index is 11.7. The maximum Gasteiger partial charge on any atom is 0.260 e. The van der Waals surface area contributed by atoms with Gasteiger partial charge in [-0.25, -0.2) is 17.8 Å². The fourth-order valence-corrected chi connectivity index (χ4v) is 3.11. The molecule has 0 aliphatic heterocycles. The van der Waals surface area contributed by atoms with E-state index in [1.165, 1.54) is 7.05 Å². The summed E-state index contributed by atoms with van der Waals surface area (Å²) < 4.78 is 26.7. The summed E-state index contributed by atoms with van der Waals surface area (Å²) in [4.78, 5) is 0. The number of hydrogen-bond acceptors (Lipinski definition) is 6. The van der Waals surface area contributed by atoms with E-state index >= 15 is 0 Å². The molecule has 10 heteroatoms. The highest BCUT2D eigenvalue weighted by Gasteiger charge is 2.24. The summed E-state index contributed by atoms with van der Waals surface area (Å²) in [5.41, 5.74) is 0. The van der Waals surface area contributed by atoms with Gasteiger partial charge in [-0.15, -0.1) is 5.10 Å². The highest BCUT2D eigenvalue weighted by molar-refractivity contribution is 9.10. The zero-order valence-electron chi connectivity index (χ0n) is 8.33. The van der Waals surface area contributed by atoms with E-state index < -0.39 is 22.7 Å². The lowest BCUT2D eigenvalue weighted by atomic mass is 10.4. The van der Waals surface area contributed by atoms with Crippen molar-refractivity contribution < 1.29 is 18.6 Å². The highest BCUT2D eigenvalue weighted by Crippen LogP contribution is 2.17. The summed E-state index contributed by atoms with van der Waals surface area (Å²) in [6.45, 7) is -0.802. The zero-order valence-corrected chi connectivity index (χ0v) is 10.7. The molecule has 0 aliphatic rings. The van der Waals surface area contributed by atoms with Crippen LogP contribution in [0.3, 0.4) is 0 Å². The molecule has 8 nitrogen and oxygen atoms in total. The quantitative estimate of drug-likeness (QED) is 0.591. The van der Waals surface area contributed by atoms with Crippen LogP contribution >= 0.6 is 15.9 Å². The van der Waals surface area contributed by atoms with Crippen molar-refractivity contribution in [2.24, 2.45) is 7.05 Å². The van der Waals surface area contributed by atoms with Gasteiger partial charge in [-0.2, -0.15) is 0 Å². The molecule has 0 saturated carbocycles. The van der Waals surface area contributed by atoms with Gasteiger partial charge in [-0.1, -0.05) is 5.21 Å². The molecule has 92 valence electrons. The molecule has 0 spiro atoms. The van der Waals surface area contributed by atoms with Crippen LogP contribution in [0.25, 0.3) is 0 Å². The normalized spacial score (nSPS) is 14.0. The van der Waals surface area contributed by atoms with Gasteiger partial charge >= 0.3 is 0 Å². The first kappa shape index (κ1) is 13.5. The van der Waals surface area contributed by atoms with Crippen molar-refractivity contribution in [1.82, 2.24) is 19.7 Å². The number of aliphatic hydroxyl groups is 2. The monoisotopic (exact) mass is 314 g/mol. The molecule has 0 aromatic carbocycles. The molecule has 1 aromatic heterocycles. The molecule has 1 atom stereocenters. The Bertz CT molecular complexity index is 440. The van der Waals surface area contributed by atoms with Crippen molar-refractivity contribution in [2.75, 3.05) is 13.2 Å². The van der Waals surface area contributed by atoms with Crippen molar-refractivity contribution in [1.29, 1.82) is 0 Å². The van der Waals surface area contributed by atoms with Gasteiger partial charge in [0, 0.05) is 13.6 Å². The third-order valence-electron chi connectivity index (χ3n) is 1.71. The largest absolute Gasteiger partial charge is 0.394 e. The van der Waals surface area contributed by atoms with Gasteiger partial charge in [0.1, 0.15) is 0 Å². The van der Waals surface area contributed by atoms with Gasteiger partial charge in [0.15, 0.2) is 4.60 Å². The Morgan fingerprint density at radius 2 is 2.25 bits per heavy atom. The molecule has 1 aromatic rings. The molecule has 0 fully saturated rings. The first-order valence-electron chi connectivity index (χ1n) is 4.22. The van der Waals surface area contributed by atoms with E-state index in [0.29, 0.717) is 0 Å². The smallest absolute Gasteiger partial charge is 0.260 e. The van der Waals surface area contributed by atoms with E-state index in [9.17, 15) is 8.42 Å². The molecule has 0 saturated heterocycles. The van der Waals surface area contributed by atoms with Crippen LogP contribution in [0.4, 0.5) is 0 Å². The van der Waals surface area contributed by atoms with E-state index in [2.05, 4.69) is 31.0 Å². The lowest BCUT2D eigenvalue weighted by Crippen LogP contribution is -2.34. The third kappa shape index (κ3) is 2.98. The fraction of sp³-hybridized carbons (Fsp3) is 0.667. The molecule has 0 radical (unpaired) electrons. The van der Waals surface area contributed by atoms with Crippen LogP contribution in [0, 0.1) is 0 Å². The van der Waals surface area contributed by atoms with Crippen LogP contribution in [0.15, 0.2) is 9.63 Å². The first-order valence-corrected chi connectivity index (χ1v) is 6.50. The van der Waals surface area contributed by atoms with Gasteiger partial charge in [-0.3, -0.25) is 0 Å². The zero-order chi connectivity index (χ0) is 12.3. The number of halogens is 1. The molecular weight excluding hydrogens is 304 g/mol. The number of rotatable bonds is 5. The summed E-state index contributed by atoms with van der Waals surface area (Å²) in [5.74, 6) is 0. The SMILES string of the molecule is Cn1nnc(Br)c1S(=O)(=O)NCC(O)CO. The molecule has 1 heterocycles. The molecule has 1 unspecified atom stereocenters. The van der Waals surface area contributed by atoms with Crippen molar-refractivity contribution in [3.63, 3.8) is 0 Å². The van der Waals surface area contributed by atoms with Gasteiger partial charge in [0.05, 0.1) is 12.7 Å². The maximum absolute atomic E-state index is 11.7. The van der Waals surface area contributed by atoms with Crippen molar-refractivity contribution in [3.05, 3.63) is 4.60 Å². The minimum atomic E-state index is -3.81. The molecule has 3 N–H and O–H groups in total. The molecule has 0 amide bonds. The summed E-state index contributed by atoms with van der Waals surface area (Å²) in [6, 6.07) is 0. The average molecular weight is 315 g/mol. The van der Waals surface area contributed by atoms with Crippen LogP contribution < -0.4 is 4.72 Å². The lowest BCUT2D eigenvalue weighted by molar-refractivity contribution is 0.0988. The van der Waals surface area contributed by atoms with Crippen molar-refractivity contribution in [2.45, 2.75) is 11.1 Å². The summed E-state index contributed by atoms with van der Waals surface area (Å²) >= 11 is 2.95. The minimum absolute atomic E-state index is 0.0842. The highest BCUT2D eigenvalue weighted by atomic mass is 79.9. The van der Waals surface area contributed by atoms with Crippen molar-refractivity contribution >= 4 is 26.0 Å². The Labute approximate surface area is 100 Å². The van der Waals surface area contributed by atoms with Crippen LogP contribution in [-0.2, 0) is 17.1 Å². The summed E-state index contributed by atoms with van der Waals surface area (Å²) in [7, 11) is -2.39. The Morgan fingerprint density at radius 1 is 1.62 bits per heavy atom. The first-order chi connectivity index (χ1) is 7.38. The number of aliphatic hydroxyl groups excluding tert-OH is 2. The van der Waals surface area contributed by atoms with E-state index in [4.69, 9.17) is 10.2 Å². The van der Waals surface area contributed by atoms with Gasteiger partial charge < -0.3 is 10.2 Å². The topological polar surface area (TPSA) is 117 Å². The van der Waals surface area contributed by atoms with E-state index in [1.807, 2.05) is 0 Å². The van der Waals surface area contributed by atoms with Gasteiger partial charge in [0.2, 0.25) is 5.03 Å². The number of nitrogens with zero attached hydrogens (tertiary/aromatic N) is 3. The second-order valence-electron chi connectivity index (χ2n) is 3.00. The molecule has 16 heavy (non-hydrogen) atoms. The number of aryl methyl sites for hydroxylation is 1. The van der Waals surface area contributed by atoms with Crippen LogP contribution in [0.5, 0.6) is 0 Å². The standard InChI is InChI=1S/C6H11BrN4O4S/c1-11-6(5(7)9-10-11)16(14,15)8-2-4(13)3-12/h4,8,12-13H,2-3H2,1H3. The molecule has 1 rings (SSSR count). The van der Waals surface area contributed by atoms with Crippen LogP contribution in [0.1, 0.15) is 0 Å². The Morgan fingerprint density at radius 3 is 2.69 bits per heavy atom. The number of hydrogen-bond donors (Lipinski definition) is 3. The summed E-state index contributed by atoms with van der Waals surface area (Å²) in [6.07, 6.45) is -1.14. The average Bonchev–Trinajstić information content (AvgIpc) is 2.55. The summed E-state index contributed by atoms with van der Waals surface area (Å²) in [5, 5.41) is 24.5. The Kier molecular flexibility index (Phi) is 4.38. The molecule has 0 aliphatic carbocycles. The predicted octanol–water partition coefficient (Wildman–Crippen LogP) is -1.79. The molecule has 0 bridgehead atoms. The van der Waals surface area contributed by atoms with E-state index in [0.717, 1.165) is 4.68 Å². The van der Waals surface area contributed by atoms with E-state index in [1.54, 1.807) is 0 Å². The Hall–Kier alpha value is -0.550. The van der Waals surface area contributed by atoms with Gasteiger partial charge in [0.25, 0.3) is 10.0 Å². The third-order valence-corrected chi connectivity index (χ3v) is 4.02. The fourth-order valence-electron chi connectivity index (χ4n) is 0.947.